The molecule has 5 nitrogen and oxygen atoms in total. The van der Waals surface area contributed by atoms with Gasteiger partial charge in [0.05, 0.1) is 16.8 Å². The molecule has 96 valence electrons. The maximum atomic E-state index is 12.3. The lowest BCUT2D eigenvalue weighted by atomic mass is 10.2. The van der Waals surface area contributed by atoms with Crippen LogP contribution in [0.15, 0.2) is 35.5 Å². The van der Waals surface area contributed by atoms with Crippen molar-refractivity contribution in [3.05, 3.63) is 41.7 Å². The maximum absolute atomic E-state index is 12.3. The second-order valence-corrected chi connectivity index (χ2v) is 6.26. The summed E-state index contributed by atoms with van der Waals surface area (Å²) in [5, 5.41) is 3.96. The summed E-state index contributed by atoms with van der Waals surface area (Å²) in [6, 6.07) is 4.82. The molecule has 0 spiro atoms. The predicted molar refractivity (Wildman–Crippen MR) is 69.7 cm³/mol. The zero-order valence-corrected chi connectivity index (χ0v) is 11.1. The highest BCUT2D eigenvalue weighted by molar-refractivity contribution is 7.90. The van der Waals surface area contributed by atoms with E-state index in [1.54, 1.807) is 49.2 Å². The third kappa shape index (κ3) is 2.53. The SMILES string of the molecule is Cc1cc(N)ccc1S(=O)(=O)Cc1cnn(C)c1. The number of nitrogens with zero attached hydrogens (tertiary/aromatic N) is 2. The first-order valence-corrected chi connectivity index (χ1v) is 7.10. The molecule has 0 amide bonds. The highest BCUT2D eigenvalue weighted by Crippen LogP contribution is 2.21. The molecule has 18 heavy (non-hydrogen) atoms. The second-order valence-electron chi connectivity index (χ2n) is 4.31. The molecule has 0 atom stereocenters. The van der Waals surface area contributed by atoms with E-state index in [9.17, 15) is 8.42 Å². The first kappa shape index (κ1) is 12.6. The molecular formula is C12H15N3O2S. The number of aryl methyl sites for hydroxylation is 2. The van der Waals surface area contributed by atoms with Gasteiger partial charge in [0, 0.05) is 24.5 Å². The number of rotatable bonds is 3. The third-order valence-electron chi connectivity index (χ3n) is 2.65. The van der Waals surface area contributed by atoms with Crippen LogP contribution in [0, 0.1) is 6.92 Å². The van der Waals surface area contributed by atoms with Gasteiger partial charge in [0.15, 0.2) is 9.84 Å². The second kappa shape index (κ2) is 4.45. The molecule has 2 N–H and O–H groups in total. The molecule has 0 aliphatic heterocycles. The third-order valence-corrected chi connectivity index (χ3v) is 4.49. The average Bonchev–Trinajstić information content (AvgIpc) is 2.62. The molecule has 0 aliphatic rings. The summed E-state index contributed by atoms with van der Waals surface area (Å²) in [6.45, 7) is 1.74. The molecule has 0 saturated carbocycles. The van der Waals surface area contributed by atoms with Crippen LogP contribution in [0.5, 0.6) is 0 Å². The van der Waals surface area contributed by atoms with Gasteiger partial charge in [-0.05, 0) is 30.7 Å². The first-order chi connectivity index (χ1) is 8.38. The van der Waals surface area contributed by atoms with Crippen LogP contribution < -0.4 is 5.73 Å². The molecule has 0 radical (unpaired) electrons. The van der Waals surface area contributed by atoms with E-state index < -0.39 is 9.84 Å². The van der Waals surface area contributed by atoms with Gasteiger partial charge >= 0.3 is 0 Å². The summed E-state index contributed by atoms with van der Waals surface area (Å²) >= 11 is 0. The van der Waals surface area contributed by atoms with Crippen LogP contribution in [0.4, 0.5) is 5.69 Å². The summed E-state index contributed by atoms with van der Waals surface area (Å²) in [6.07, 6.45) is 3.26. The van der Waals surface area contributed by atoms with E-state index in [1.165, 1.54) is 0 Å². The Labute approximate surface area is 106 Å². The molecule has 0 unspecified atom stereocenters. The molecule has 1 aromatic carbocycles. The lowest BCUT2D eigenvalue weighted by molar-refractivity contribution is 0.594. The van der Waals surface area contributed by atoms with Crippen LogP contribution in [0.2, 0.25) is 0 Å². The molecule has 0 bridgehead atoms. The fraction of sp³-hybridized carbons (Fsp3) is 0.250. The van der Waals surface area contributed by atoms with Crippen molar-refractivity contribution in [2.24, 2.45) is 7.05 Å². The first-order valence-electron chi connectivity index (χ1n) is 5.45. The fourth-order valence-electron chi connectivity index (χ4n) is 1.87. The average molecular weight is 265 g/mol. The number of aromatic nitrogens is 2. The van der Waals surface area contributed by atoms with Gasteiger partial charge in [0.25, 0.3) is 0 Å². The number of benzene rings is 1. The van der Waals surface area contributed by atoms with Crippen molar-refractivity contribution in [2.45, 2.75) is 17.6 Å². The smallest absolute Gasteiger partial charge is 0.182 e. The number of nitrogens with two attached hydrogens (primary N) is 1. The lowest BCUT2D eigenvalue weighted by Gasteiger charge is -2.07. The molecule has 1 heterocycles. The van der Waals surface area contributed by atoms with Crippen molar-refractivity contribution < 1.29 is 8.42 Å². The monoisotopic (exact) mass is 265 g/mol. The summed E-state index contributed by atoms with van der Waals surface area (Å²) < 4.78 is 26.1. The van der Waals surface area contributed by atoms with Gasteiger partial charge in [-0.25, -0.2) is 8.42 Å². The van der Waals surface area contributed by atoms with E-state index in [1.807, 2.05) is 0 Å². The molecule has 0 aliphatic carbocycles. The Balaban J connectivity index is 2.36. The summed E-state index contributed by atoms with van der Waals surface area (Å²) in [5.41, 5.74) is 7.52. The normalized spacial score (nSPS) is 11.7. The van der Waals surface area contributed by atoms with Crippen molar-refractivity contribution in [1.29, 1.82) is 0 Å². The van der Waals surface area contributed by atoms with Crippen molar-refractivity contribution in [2.75, 3.05) is 5.73 Å². The lowest BCUT2D eigenvalue weighted by Crippen LogP contribution is -2.06. The molecular weight excluding hydrogens is 250 g/mol. The zero-order valence-electron chi connectivity index (χ0n) is 10.3. The van der Waals surface area contributed by atoms with E-state index in [-0.39, 0.29) is 5.75 Å². The minimum atomic E-state index is -3.36. The van der Waals surface area contributed by atoms with Crippen LogP contribution in [0.3, 0.4) is 0 Å². The predicted octanol–water partition coefficient (Wildman–Crippen LogP) is 1.28. The van der Waals surface area contributed by atoms with Crippen molar-refractivity contribution in [3.63, 3.8) is 0 Å². The van der Waals surface area contributed by atoms with Gasteiger partial charge < -0.3 is 5.73 Å². The Bertz CT molecular complexity index is 674. The fourth-order valence-corrected chi connectivity index (χ4v) is 3.43. The Morgan fingerprint density at radius 1 is 1.39 bits per heavy atom. The van der Waals surface area contributed by atoms with Gasteiger partial charge in [-0.3, -0.25) is 4.68 Å². The van der Waals surface area contributed by atoms with Gasteiger partial charge in [-0.1, -0.05) is 0 Å². The largest absolute Gasteiger partial charge is 0.399 e. The van der Waals surface area contributed by atoms with Gasteiger partial charge in [0.1, 0.15) is 0 Å². The summed E-state index contributed by atoms with van der Waals surface area (Å²) in [4.78, 5) is 0.320. The number of sulfone groups is 1. The van der Waals surface area contributed by atoms with E-state index >= 15 is 0 Å². The number of hydrogen-bond acceptors (Lipinski definition) is 4. The van der Waals surface area contributed by atoms with Gasteiger partial charge in [-0.15, -0.1) is 0 Å². The van der Waals surface area contributed by atoms with Gasteiger partial charge in [-0.2, -0.15) is 5.10 Å². The minimum Gasteiger partial charge on any atom is -0.399 e. The van der Waals surface area contributed by atoms with Crippen LogP contribution in [0.1, 0.15) is 11.1 Å². The van der Waals surface area contributed by atoms with Crippen molar-refractivity contribution >= 4 is 15.5 Å². The van der Waals surface area contributed by atoms with Crippen LogP contribution >= 0.6 is 0 Å². The topological polar surface area (TPSA) is 78.0 Å². The van der Waals surface area contributed by atoms with E-state index in [0.29, 0.717) is 21.7 Å². The Kier molecular flexibility index (Phi) is 3.13. The van der Waals surface area contributed by atoms with Crippen LogP contribution in [-0.4, -0.2) is 18.2 Å². The highest BCUT2D eigenvalue weighted by Gasteiger charge is 2.18. The standard InChI is InChI=1S/C12H15N3O2S/c1-9-5-11(13)3-4-12(9)18(16,17)8-10-6-14-15(2)7-10/h3-7H,8,13H2,1-2H3. The Morgan fingerprint density at radius 2 is 2.11 bits per heavy atom. The zero-order chi connectivity index (χ0) is 13.3. The molecule has 1 aromatic heterocycles. The summed E-state index contributed by atoms with van der Waals surface area (Å²) in [5.74, 6) is -0.0500. The van der Waals surface area contributed by atoms with E-state index in [0.717, 1.165) is 0 Å². The summed E-state index contributed by atoms with van der Waals surface area (Å²) in [7, 11) is -1.60. The molecule has 0 saturated heterocycles. The van der Waals surface area contributed by atoms with E-state index in [4.69, 9.17) is 5.73 Å². The van der Waals surface area contributed by atoms with E-state index in [2.05, 4.69) is 5.10 Å². The minimum absolute atomic E-state index is 0.0500. The molecule has 6 heteroatoms. The highest BCUT2D eigenvalue weighted by atomic mass is 32.2. The maximum Gasteiger partial charge on any atom is 0.182 e. The van der Waals surface area contributed by atoms with Gasteiger partial charge in [0.2, 0.25) is 0 Å². The molecule has 2 aromatic rings. The van der Waals surface area contributed by atoms with Crippen molar-refractivity contribution in [1.82, 2.24) is 9.78 Å². The number of nitrogen functional groups attached to an aromatic ring is 1. The van der Waals surface area contributed by atoms with Crippen LogP contribution in [0.25, 0.3) is 0 Å². The molecule has 0 fully saturated rings. The Hall–Kier alpha value is -1.82. The molecule has 2 rings (SSSR count). The Morgan fingerprint density at radius 3 is 2.67 bits per heavy atom. The van der Waals surface area contributed by atoms with Crippen molar-refractivity contribution in [3.8, 4) is 0 Å². The van der Waals surface area contributed by atoms with Crippen LogP contribution in [-0.2, 0) is 22.6 Å². The quantitative estimate of drug-likeness (QED) is 0.848. The number of anilines is 1. The number of hydrogen-bond donors (Lipinski definition) is 1.